The SMILES string of the molecule is CC/C=C\C/C=C\C/C=C\C/C=C\C/C=C\CCCCCCCCCCCCCCCCCC(=O)OC(COC(=O)CCCCCCCCCCCCCCCCCCC/C=C\C/C=C\CCCCCCC)COP(=O)(O)OCC[N+](C)(C)C. The Morgan fingerprint density at radius 1 is 0.381 bits per heavy atom. The van der Waals surface area contributed by atoms with Crippen LogP contribution in [-0.4, -0.2) is 74.9 Å². The zero-order chi connectivity index (χ0) is 61.2. The van der Waals surface area contributed by atoms with Crippen LogP contribution in [0.2, 0.25) is 0 Å². The third kappa shape index (κ3) is 68.3. The molecule has 0 aromatic heterocycles. The lowest BCUT2D eigenvalue weighted by atomic mass is 10.0. The van der Waals surface area contributed by atoms with E-state index in [4.69, 9.17) is 18.5 Å². The van der Waals surface area contributed by atoms with Crippen molar-refractivity contribution >= 4 is 19.8 Å². The van der Waals surface area contributed by atoms with Gasteiger partial charge in [0.25, 0.3) is 0 Å². The normalized spacial score (nSPS) is 13.6. The molecule has 0 aromatic rings. The first-order chi connectivity index (χ1) is 41.0. The van der Waals surface area contributed by atoms with Crippen molar-refractivity contribution < 1.29 is 42.1 Å². The first-order valence-corrected chi connectivity index (χ1v) is 36.8. The van der Waals surface area contributed by atoms with Crippen LogP contribution in [0.3, 0.4) is 0 Å². The molecular formula is C74H135NO8P+. The minimum atomic E-state index is -4.39. The second-order valence-corrected chi connectivity index (χ2v) is 26.3. The van der Waals surface area contributed by atoms with Crippen molar-refractivity contribution in [1.29, 1.82) is 0 Å². The van der Waals surface area contributed by atoms with Gasteiger partial charge in [0.15, 0.2) is 6.10 Å². The molecule has 9 nitrogen and oxygen atoms in total. The summed E-state index contributed by atoms with van der Waals surface area (Å²) in [4.78, 5) is 35.9. The molecule has 0 aromatic carbocycles. The standard InChI is InChI=1S/C74H134NO8P/c1-6-8-10-12-14-16-18-20-22-24-26-28-30-32-34-36-37-39-41-43-45-47-49-51-53-55-57-59-61-63-65-67-74(77)83-72(71-82-84(78,79)81-69-68-75(3,4)5)70-80-73(76)66-64-62-60-58-56-54-52-50-48-46-44-42-40-38-35-33-31-29-27-25-23-21-19-17-15-13-11-9-7-2/h8,10,14,16,19-22,25-28,32,34,72H,6-7,9,11-13,15,17-18,23-24,29-31,33,35-71H2,1-5H3/p+1/b10-8-,16-14-,21-19-,22-20-,27-25-,28-26-,34-32-. The maximum absolute atomic E-state index is 12.9. The van der Waals surface area contributed by atoms with E-state index in [9.17, 15) is 19.0 Å². The number of ether oxygens (including phenoxy) is 2. The number of esters is 2. The first-order valence-electron chi connectivity index (χ1n) is 35.3. The van der Waals surface area contributed by atoms with Gasteiger partial charge < -0.3 is 18.9 Å². The molecule has 1 N–H and O–H groups in total. The lowest BCUT2D eigenvalue weighted by Crippen LogP contribution is -2.37. The van der Waals surface area contributed by atoms with Crippen LogP contribution in [0.1, 0.15) is 322 Å². The molecule has 0 aliphatic heterocycles. The molecule has 2 unspecified atom stereocenters. The fourth-order valence-corrected chi connectivity index (χ4v) is 10.8. The van der Waals surface area contributed by atoms with Crippen molar-refractivity contribution in [3.8, 4) is 0 Å². The van der Waals surface area contributed by atoms with Gasteiger partial charge in [0, 0.05) is 12.8 Å². The summed E-state index contributed by atoms with van der Waals surface area (Å²) < 4.78 is 34.7. The van der Waals surface area contributed by atoms with Gasteiger partial charge >= 0.3 is 19.8 Å². The van der Waals surface area contributed by atoms with E-state index in [1.165, 1.54) is 218 Å². The molecule has 0 spiro atoms. The second-order valence-electron chi connectivity index (χ2n) is 24.9. The van der Waals surface area contributed by atoms with Gasteiger partial charge in [0.2, 0.25) is 0 Å². The fraction of sp³-hybridized carbons (Fsp3) is 0.784. The highest BCUT2D eigenvalue weighted by Gasteiger charge is 2.27. The monoisotopic (exact) mass is 1200 g/mol. The number of phosphoric ester groups is 1. The van der Waals surface area contributed by atoms with Crippen LogP contribution in [0.5, 0.6) is 0 Å². The summed E-state index contributed by atoms with van der Waals surface area (Å²) >= 11 is 0. The zero-order valence-corrected chi connectivity index (χ0v) is 56.5. The number of phosphoric acid groups is 1. The number of hydrogen-bond donors (Lipinski definition) is 1. The van der Waals surface area contributed by atoms with Crippen molar-refractivity contribution in [3.05, 3.63) is 85.1 Å². The molecule has 0 aliphatic carbocycles. The maximum atomic E-state index is 12.9. The average Bonchev–Trinajstić information content (AvgIpc) is 3.61. The zero-order valence-electron chi connectivity index (χ0n) is 55.6. The molecule has 0 rings (SSSR count). The van der Waals surface area contributed by atoms with Gasteiger partial charge in [-0.15, -0.1) is 0 Å². The minimum Gasteiger partial charge on any atom is -0.462 e. The van der Waals surface area contributed by atoms with Gasteiger partial charge in [-0.1, -0.05) is 304 Å². The predicted molar refractivity (Wildman–Crippen MR) is 362 cm³/mol. The summed E-state index contributed by atoms with van der Waals surface area (Å²) in [5.41, 5.74) is 0. The van der Waals surface area contributed by atoms with Crippen LogP contribution in [0, 0.1) is 0 Å². The predicted octanol–water partition coefficient (Wildman–Crippen LogP) is 22.9. The number of allylic oxidation sites excluding steroid dienone is 14. The van der Waals surface area contributed by atoms with E-state index in [0.29, 0.717) is 17.4 Å². The number of carbonyl (C=O) groups is 2. The fourth-order valence-electron chi connectivity index (χ4n) is 10.0. The molecular weight excluding hydrogens is 1060 g/mol. The Balaban J connectivity index is 4.03. The number of nitrogens with zero attached hydrogens (tertiary/aromatic N) is 1. The van der Waals surface area contributed by atoms with Crippen LogP contribution < -0.4 is 0 Å². The van der Waals surface area contributed by atoms with E-state index in [1.54, 1.807) is 0 Å². The van der Waals surface area contributed by atoms with E-state index < -0.39 is 26.5 Å². The Hall–Kier alpha value is -2.81. The van der Waals surface area contributed by atoms with Gasteiger partial charge in [-0.2, -0.15) is 0 Å². The Kier molecular flexibility index (Phi) is 62.5. The number of quaternary nitrogens is 1. The Morgan fingerprint density at radius 3 is 1.01 bits per heavy atom. The molecule has 0 bridgehead atoms. The van der Waals surface area contributed by atoms with Gasteiger partial charge in [0.05, 0.1) is 27.7 Å². The molecule has 0 radical (unpaired) electrons. The number of unbranched alkanes of at least 4 members (excludes halogenated alkanes) is 37. The average molecular weight is 1200 g/mol. The number of likely N-dealkylation sites (N-methyl/N-ethyl adjacent to an activating group) is 1. The number of carbonyl (C=O) groups excluding carboxylic acids is 2. The van der Waals surface area contributed by atoms with Gasteiger partial charge in [0.1, 0.15) is 19.8 Å². The van der Waals surface area contributed by atoms with Crippen LogP contribution in [0.4, 0.5) is 0 Å². The molecule has 10 heteroatoms. The molecule has 0 aliphatic rings. The van der Waals surface area contributed by atoms with Crippen molar-refractivity contribution in [2.75, 3.05) is 47.5 Å². The quantitative estimate of drug-likeness (QED) is 0.0211. The molecule has 0 heterocycles. The molecule has 0 fully saturated rings. The molecule has 2 atom stereocenters. The van der Waals surface area contributed by atoms with Crippen molar-refractivity contribution in [1.82, 2.24) is 0 Å². The molecule has 488 valence electrons. The maximum Gasteiger partial charge on any atom is 0.472 e. The van der Waals surface area contributed by atoms with E-state index in [1.807, 2.05) is 21.1 Å². The third-order valence-corrected chi connectivity index (χ3v) is 16.4. The summed E-state index contributed by atoms with van der Waals surface area (Å²) in [6, 6.07) is 0. The van der Waals surface area contributed by atoms with Gasteiger partial charge in [-0.3, -0.25) is 18.6 Å². The Morgan fingerprint density at radius 2 is 0.679 bits per heavy atom. The topological polar surface area (TPSA) is 108 Å². The summed E-state index contributed by atoms with van der Waals surface area (Å²) in [6.45, 7) is 4.35. The molecule has 0 amide bonds. The summed E-state index contributed by atoms with van der Waals surface area (Å²) in [7, 11) is 1.48. The summed E-state index contributed by atoms with van der Waals surface area (Å²) in [5, 5.41) is 0. The Labute approximate surface area is 520 Å². The van der Waals surface area contributed by atoms with Crippen molar-refractivity contribution in [2.24, 2.45) is 0 Å². The second kappa shape index (κ2) is 64.7. The number of rotatable bonds is 65. The molecule has 0 saturated heterocycles. The lowest BCUT2D eigenvalue weighted by molar-refractivity contribution is -0.870. The van der Waals surface area contributed by atoms with Crippen LogP contribution in [-0.2, 0) is 32.7 Å². The van der Waals surface area contributed by atoms with E-state index in [-0.39, 0.29) is 32.0 Å². The van der Waals surface area contributed by atoms with Crippen molar-refractivity contribution in [3.63, 3.8) is 0 Å². The van der Waals surface area contributed by atoms with Crippen LogP contribution in [0.15, 0.2) is 85.1 Å². The Bertz CT molecular complexity index is 1690. The van der Waals surface area contributed by atoms with Crippen molar-refractivity contribution in [2.45, 2.75) is 328 Å². The highest BCUT2D eigenvalue weighted by molar-refractivity contribution is 7.47. The largest absolute Gasteiger partial charge is 0.472 e. The van der Waals surface area contributed by atoms with E-state index >= 15 is 0 Å². The molecule has 0 saturated carbocycles. The first kappa shape index (κ1) is 81.2. The van der Waals surface area contributed by atoms with Gasteiger partial charge in [-0.05, 0) is 89.9 Å². The summed E-state index contributed by atoms with van der Waals surface area (Å²) in [5.74, 6) is -0.786. The minimum absolute atomic E-state index is 0.0307. The number of hydrogen-bond acceptors (Lipinski definition) is 7. The molecule has 84 heavy (non-hydrogen) atoms. The van der Waals surface area contributed by atoms with Gasteiger partial charge in [-0.25, -0.2) is 4.57 Å². The highest BCUT2D eigenvalue weighted by Crippen LogP contribution is 2.43. The van der Waals surface area contributed by atoms with E-state index in [2.05, 4.69) is 98.9 Å². The summed E-state index contributed by atoms with van der Waals surface area (Å²) in [6.07, 6.45) is 88.3. The third-order valence-electron chi connectivity index (χ3n) is 15.4. The highest BCUT2D eigenvalue weighted by atomic mass is 31.2. The van der Waals surface area contributed by atoms with Crippen LogP contribution in [0.25, 0.3) is 0 Å². The van der Waals surface area contributed by atoms with E-state index in [0.717, 1.165) is 70.6 Å². The smallest absolute Gasteiger partial charge is 0.462 e. The lowest BCUT2D eigenvalue weighted by Gasteiger charge is -2.24. The van der Waals surface area contributed by atoms with Crippen LogP contribution >= 0.6 is 7.82 Å².